The Kier molecular flexibility index (Phi) is 7.48. The Hall–Kier alpha value is -3.86. The number of rotatable bonds is 7. The number of aliphatic hydroxyl groups is 1. The van der Waals surface area contributed by atoms with Crippen LogP contribution in [0.2, 0.25) is 5.02 Å². The van der Waals surface area contributed by atoms with Crippen molar-refractivity contribution in [2.75, 3.05) is 0 Å². The first kappa shape index (κ1) is 29.1. The third-order valence-electron chi connectivity index (χ3n) is 5.43. The summed E-state index contributed by atoms with van der Waals surface area (Å²) in [5.41, 5.74) is -3.33. The van der Waals surface area contributed by atoms with Gasteiger partial charge in [-0.25, -0.2) is 19.1 Å². The van der Waals surface area contributed by atoms with Gasteiger partial charge < -0.3 is 5.11 Å². The van der Waals surface area contributed by atoms with E-state index in [4.69, 9.17) is 11.6 Å². The van der Waals surface area contributed by atoms with Crippen LogP contribution in [0.5, 0.6) is 0 Å². The molecule has 3 aromatic heterocycles. The van der Waals surface area contributed by atoms with Gasteiger partial charge in [0.2, 0.25) is 5.82 Å². The van der Waals surface area contributed by atoms with Crippen LogP contribution < -0.4 is 5.69 Å². The van der Waals surface area contributed by atoms with Crippen LogP contribution in [-0.2, 0) is 25.2 Å². The first-order valence-electron chi connectivity index (χ1n) is 11.0. The van der Waals surface area contributed by atoms with E-state index in [2.05, 4.69) is 20.2 Å². The van der Waals surface area contributed by atoms with Gasteiger partial charge in [-0.1, -0.05) is 11.6 Å². The van der Waals surface area contributed by atoms with Crippen LogP contribution in [0.15, 0.2) is 47.5 Å². The highest BCUT2D eigenvalue weighted by Gasteiger charge is 2.40. The third kappa shape index (κ3) is 5.99. The first-order valence-corrected chi connectivity index (χ1v) is 11.4. The smallest absolute Gasteiger partial charge is 0.382 e. The fraction of sp³-hybridized carbons (Fsp3) is 0.318. The molecule has 214 valence electrons. The van der Waals surface area contributed by atoms with Gasteiger partial charge in [-0.2, -0.15) is 35.1 Å². The fourth-order valence-electron chi connectivity index (χ4n) is 3.60. The molecule has 0 aliphatic heterocycles. The molecule has 0 unspecified atom stereocenters. The van der Waals surface area contributed by atoms with Gasteiger partial charge >= 0.3 is 24.0 Å². The summed E-state index contributed by atoms with van der Waals surface area (Å²) in [5.74, 6) is -6.00. The Balaban J connectivity index is 1.83. The van der Waals surface area contributed by atoms with E-state index in [1.54, 1.807) is 0 Å². The number of nitrogens with zero attached hydrogens (tertiary/aromatic N) is 7. The summed E-state index contributed by atoms with van der Waals surface area (Å²) >= 11 is 5.83. The summed E-state index contributed by atoms with van der Waals surface area (Å²) < 4.78 is 110. The summed E-state index contributed by atoms with van der Waals surface area (Å²) in [7, 11) is 0. The highest BCUT2D eigenvalue weighted by atomic mass is 35.5. The predicted molar refractivity (Wildman–Crippen MR) is 122 cm³/mol. The topological polar surface area (TPSA) is 104 Å². The number of halogens is 9. The van der Waals surface area contributed by atoms with Crippen molar-refractivity contribution in [1.29, 1.82) is 0 Å². The van der Waals surface area contributed by atoms with Gasteiger partial charge in [0.05, 0.1) is 24.0 Å². The molecule has 0 amide bonds. The molecule has 0 aliphatic carbocycles. The lowest BCUT2D eigenvalue weighted by molar-refractivity contribution is -0.207. The lowest BCUT2D eigenvalue weighted by Crippen LogP contribution is -2.37. The molecule has 3 heterocycles. The predicted octanol–water partition coefficient (Wildman–Crippen LogP) is 4.44. The van der Waals surface area contributed by atoms with Crippen molar-refractivity contribution >= 4 is 11.6 Å². The molecule has 40 heavy (non-hydrogen) atoms. The molecule has 0 spiro atoms. The van der Waals surface area contributed by atoms with E-state index in [1.165, 1.54) is 24.3 Å². The molecule has 1 aromatic carbocycles. The van der Waals surface area contributed by atoms with Gasteiger partial charge in [0.25, 0.3) is 0 Å². The molecule has 0 saturated heterocycles. The molecule has 0 fully saturated rings. The second-order valence-electron chi connectivity index (χ2n) is 8.48. The number of aliphatic hydroxyl groups excluding tert-OH is 1. The van der Waals surface area contributed by atoms with E-state index in [9.17, 15) is 45.0 Å². The third-order valence-corrected chi connectivity index (χ3v) is 5.68. The maximum Gasteiger partial charge on any atom is 0.418 e. The van der Waals surface area contributed by atoms with Gasteiger partial charge in [-0.3, -0.25) is 9.55 Å². The molecule has 0 bridgehead atoms. The average molecular weight is 598 g/mol. The first-order chi connectivity index (χ1) is 18.5. The zero-order valence-electron chi connectivity index (χ0n) is 19.9. The Labute approximate surface area is 223 Å². The van der Waals surface area contributed by atoms with Crippen molar-refractivity contribution in [2.24, 2.45) is 0 Å². The van der Waals surface area contributed by atoms with Gasteiger partial charge in [-0.15, -0.1) is 10.2 Å². The SMILES string of the molecule is CC(F)(F)c1nc(Cn2nc(-c3ccc(Cl)cc3)n(C[C@H](O)C(F)(F)F)c2=O)nn1-c1cnccc1C(F)(F)F. The van der Waals surface area contributed by atoms with Gasteiger partial charge in [0.1, 0.15) is 6.54 Å². The van der Waals surface area contributed by atoms with E-state index >= 15 is 0 Å². The van der Waals surface area contributed by atoms with Crippen LogP contribution in [0.25, 0.3) is 17.1 Å². The molecule has 9 nitrogen and oxygen atoms in total. The van der Waals surface area contributed by atoms with Crippen molar-refractivity contribution in [1.82, 2.24) is 34.1 Å². The van der Waals surface area contributed by atoms with Crippen LogP contribution in [0, 0.1) is 0 Å². The van der Waals surface area contributed by atoms with Crippen LogP contribution >= 0.6 is 11.6 Å². The quantitative estimate of drug-likeness (QED) is 0.316. The Morgan fingerprint density at radius 1 is 1.00 bits per heavy atom. The van der Waals surface area contributed by atoms with E-state index in [1.807, 2.05) is 0 Å². The normalized spacial score (nSPS) is 13.6. The van der Waals surface area contributed by atoms with Gasteiger partial charge in [0, 0.05) is 23.7 Å². The maximum absolute atomic E-state index is 14.4. The molecule has 0 aliphatic rings. The van der Waals surface area contributed by atoms with Crippen molar-refractivity contribution in [3.63, 3.8) is 0 Å². The fourth-order valence-corrected chi connectivity index (χ4v) is 3.73. The largest absolute Gasteiger partial charge is 0.418 e. The summed E-state index contributed by atoms with van der Waals surface area (Å²) in [6.07, 6.45) is -11.6. The number of alkyl halides is 8. The van der Waals surface area contributed by atoms with Crippen LogP contribution in [0.1, 0.15) is 24.1 Å². The minimum absolute atomic E-state index is 0.110. The Bertz CT molecular complexity index is 1570. The number of pyridine rings is 1. The molecule has 0 radical (unpaired) electrons. The van der Waals surface area contributed by atoms with Gasteiger partial charge in [0.15, 0.2) is 17.8 Å². The van der Waals surface area contributed by atoms with Crippen molar-refractivity contribution in [2.45, 2.75) is 44.4 Å². The standard InChI is InChI=1S/C22H16ClF8N7O2/c1-20(24,25)18-33-16(34-38(18)14-8-32-7-6-13(14)21(26,27)28)10-37-19(40)36(9-15(39)22(29,30)31)17(35-37)11-2-4-12(23)5-3-11/h2-8,15,39H,9-10H2,1H3/t15-/m0/s1. The summed E-state index contributed by atoms with van der Waals surface area (Å²) in [4.78, 5) is 20.2. The number of hydrogen-bond acceptors (Lipinski definition) is 6. The highest BCUT2D eigenvalue weighted by molar-refractivity contribution is 6.30. The lowest BCUT2D eigenvalue weighted by Gasteiger charge is -2.15. The molecule has 1 atom stereocenters. The maximum atomic E-state index is 14.4. The van der Waals surface area contributed by atoms with Crippen LogP contribution in [-0.4, -0.2) is 51.5 Å². The minimum atomic E-state index is -5.10. The minimum Gasteiger partial charge on any atom is -0.382 e. The lowest BCUT2D eigenvalue weighted by atomic mass is 10.2. The average Bonchev–Trinajstić information content (AvgIpc) is 3.41. The summed E-state index contributed by atoms with van der Waals surface area (Å²) in [5, 5.41) is 17.5. The van der Waals surface area contributed by atoms with Crippen LogP contribution in [0.4, 0.5) is 35.1 Å². The monoisotopic (exact) mass is 597 g/mol. The molecular formula is C22H16ClF8N7O2. The van der Waals surface area contributed by atoms with E-state index in [0.717, 1.165) is 6.20 Å². The van der Waals surface area contributed by atoms with Gasteiger partial charge in [-0.05, 0) is 30.3 Å². The Morgan fingerprint density at radius 2 is 1.65 bits per heavy atom. The molecule has 4 aromatic rings. The molecule has 4 rings (SSSR count). The summed E-state index contributed by atoms with van der Waals surface area (Å²) in [6.45, 7) is -1.74. The second-order valence-corrected chi connectivity index (χ2v) is 8.92. The highest BCUT2D eigenvalue weighted by Crippen LogP contribution is 2.35. The molecule has 0 saturated carbocycles. The number of hydrogen-bond donors (Lipinski definition) is 1. The number of benzene rings is 1. The molecular weight excluding hydrogens is 582 g/mol. The van der Waals surface area contributed by atoms with Crippen molar-refractivity contribution in [3.8, 4) is 17.1 Å². The zero-order valence-corrected chi connectivity index (χ0v) is 20.7. The Morgan fingerprint density at radius 3 is 2.23 bits per heavy atom. The van der Waals surface area contributed by atoms with E-state index in [-0.39, 0.29) is 21.1 Å². The molecule has 1 N–H and O–H groups in total. The van der Waals surface area contributed by atoms with E-state index < -0.39 is 66.1 Å². The van der Waals surface area contributed by atoms with Crippen molar-refractivity contribution in [3.05, 3.63) is 75.4 Å². The van der Waals surface area contributed by atoms with Crippen molar-refractivity contribution < 1.29 is 40.2 Å². The zero-order chi connectivity index (χ0) is 29.6. The van der Waals surface area contributed by atoms with Crippen LogP contribution in [0.3, 0.4) is 0 Å². The summed E-state index contributed by atoms with van der Waals surface area (Å²) in [6, 6.07) is 5.92. The molecule has 18 heteroatoms. The second kappa shape index (κ2) is 10.3. The van der Waals surface area contributed by atoms with E-state index in [0.29, 0.717) is 28.4 Å². The number of aromatic nitrogens is 7.